The number of aromatic nitrogens is 2. The average Bonchev–Trinajstić information content (AvgIpc) is 2.75. The Morgan fingerprint density at radius 2 is 1.84 bits per heavy atom. The van der Waals surface area contributed by atoms with Crippen LogP contribution in [-0.2, 0) is 11.3 Å². The van der Waals surface area contributed by atoms with Gasteiger partial charge in [-0.25, -0.2) is 9.97 Å². The topological polar surface area (TPSA) is 73.1 Å². The van der Waals surface area contributed by atoms with Gasteiger partial charge in [0.15, 0.2) is 0 Å². The molecule has 0 amide bonds. The Bertz CT molecular complexity index is 995. The molecule has 1 aliphatic rings. The SMILES string of the molecule is CC(C)(C)CN(Cc1ccc(C#CCN2CCC(=O)CC2)cc1)c1ccnc(C#N)n1. The number of likely N-dealkylation sites (tertiary alicyclic amines) is 1. The smallest absolute Gasteiger partial charge is 0.234 e. The maximum atomic E-state index is 11.3. The van der Waals surface area contributed by atoms with Gasteiger partial charge in [0, 0.05) is 50.8 Å². The lowest BCUT2D eigenvalue weighted by Crippen LogP contribution is -2.33. The maximum absolute atomic E-state index is 11.3. The number of anilines is 1. The first-order valence-electron chi connectivity index (χ1n) is 10.6. The molecule has 0 bridgehead atoms. The first-order chi connectivity index (χ1) is 14.8. The average molecular weight is 416 g/mol. The summed E-state index contributed by atoms with van der Waals surface area (Å²) in [5.41, 5.74) is 2.21. The number of rotatable bonds is 5. The predicted octanol–water partition coefficient (Wildman–Crippen LogP) is 3.42. The molecule has 1 aromatic heterocycles. The van der Waals surface area contributed by atoms with Gasteiger partial charge in [0.1, 0.15) is 17.7 Å². The quantitative estimate of drug-likeness (QED) is 0.697. The molecule has 3 rings (SSSR count). The summed E-state index contributed by atoms with van der Waals surface area (Å²) in [5, 5.41) is 9.14. The van der Waals surface area contributed by atoms with Crippen LogP contribution >= 0.6 is 0 Å². The maximum Gasteiger partial charge on any atom is 0.234 e. The van der Waals surface area contributed by atoms with E-state index in [0.29, 0.717) is 31.7 Å². The van der Waals surface area contributed by atoms with Gasteiger partial charge in [-0.1, -0.05) is 44.7 Å². The zero-order valence-corrected chi connectivity index (χ0v) is 18.6. The molecule has 0 unspecified atom stereocenters. The van der Waals surface area contributed by atoms with Crippen LogP contribution in [-0.4, -0.2) is 46.8 Å². The summed E-state index contributed by atoms with van der Waals surface area (Å²) in [6.07, 6.45) is 2.92. The molecular formula is C25H29N5O. The number of nitriles is 1. The van der Waals surface area contributed by atoms with E-state index in [1.807, 2.05) is 24.3 Å². The first-order valence-corrected chi connectivity index (χ1v) is 10.6. The van der Waals surface area contributed by atoms with Crippen molar-refractivity contribution in [2.75, 3.05) is 31.1 Å². The van der Waals surface area contributed by atoms with Crippen LogP contribution in [0, 0.1) is 28.6 Å². The molecular weight excluding hydrogens is 386 g/mol. The minimum absolute atomic E-state index is 0.0717. The van der Waals surface area contributed by atoms with Crippen molar-refractivity contribution in [3.63, 3.8) is 0 Å². The predicted molar refractivity (Wildman–Crippen MR) is 121 cm³/mol. The highest BCUT2D eigenvalue weighted by atomic mass is 16.1. The van der Waals surface area contributed by atoms with Crippen molar-refractivity contribution in [1.82, 2.24) is 14.9 Å². The second-order valence-corrected chi connectivity index (χ2v) is 9.08. The van der Waals surface area contributed by atoms with Crippen LogP contribution in [0.2, 0.25) is 0 Å². The zero-order valence-electron chi connectivity index (χ0n) is 18.6. The Morgan fingerprint density at radius 1 is 1.13 bits per heavy atom. The van der Waals surface area contributed by atoms with Gasteiger partial charge in [0.2, 0.25) is 5.82 Å². The second-order valence-electron chi connectivity index (χ2n) is 9.08. The zero-order chi connectivity index (χ0) is 22.3. The molecule has 0 N–H and O–H groups in total. The molecule has 2 aromatic rings. The Kier molecular flexibility index (Phi) is 7.39. The van der Waals surface area contributed by atoms with E-state index in [-0.39, 0.29) is 11.2 Å². The van der Waals surface area contributed by atoms with Crippen molar-refractivity contribution in [3.8, 4) is 17.9 Å². The highest BCUT2D eigenvalue weighted by molar-refractivity contribution is 5.79. The van der Waals surface area contributed by atoms with Crippen molar-refractivity contribution in [3.05, 3.63) is 53.5 Å². The Hall–Kier alpha value is -3.22. The normalized spacial score (nSPS) is 14.5. The number of hydrogen-bond acceptors (Lipinski definition) is 6. The highest BCUT2D eigenvalue weighted by Gasteiger charge is 2.19. The summed E-state index contributed by atoms with van der Waals surface area (Å²) in [7, 11) is 0. The minimum Gasteiger partial charge on any atom is -0.352 e. The third-order valence-electron chi connectivity index (χ3n) is 5.01. The van der Waals surface area contributed by atoms with Crippen molar-refractivity contribution < 1.29 is 4.79 Å². The van der Waals surface area contributed by atoms with E-state index < -0.39 is 0 Å². The Labute approximate surface area is 184 Å². The standard InChI is InChI=1S/C25H29N5O/c1-25(2,3)19-30(24-10-13-27-23(17-26)28-24)18-21-8-6-20(7-9-21)5-4-14-29-15-11-22(31)12-16-29/h6-10,13H,11-12,14-16,18-19H2,1-3H3. The van der Waals surface area contributed by atoms with Crippen molar-refractivity contribution in [1.29, 1.82) is 5.26 Å². The number of piperidine rings is 1. The number of carbonyl (C=O) groups excluding carboxylic acids is 1. The lowest BCUT2D eigenvalue weighted by atomic mass is 9.95. The van der Waals surface area contributed by atoms with Gasteiger partial charge in [-0.15, -0.1) is 0 Å². The van der Waals surface area contributed by atoms with Crippen LogP contribution in [0.5, 0.6) is 0 Å². The largest absolute Gasteiger partial charge is 0.352 e. The van der Waals surface area contributed by atoms with Gasteiger partial charge in [-0.2, -0.15) is 5.26 Å². The van der Waals surface area contributed by atoms with E-state index in [9.17, 15) is 4.79 Å². The molecule has 0 spiro atoms. The number of nitrogens with zero attached hydrogens (tertiary/aromatic N) is 5. The molecule has 0 radical (unpaired) electrons. The molecule has 6 nitrogen and oxygen atoms in total. The molecule has 1 fully saturated rings. The van der Waals surface area contributed by atoms with Crippen molar-refractivity contribution in [2.24, 2.45) is 5.41 Å². The molecule has 0 aliphatic carbocycles. The number of carbonyl (C=O) groups is 1. The van der Waals surface area contributed by atoms with E-state index >= 15 is 0 Å². The fourth-order valence-electron chi connectivity index (χ4n) is 3.50. The first kappa shape index (κ1) is 22.5. The lowest BCUT2D eigenvalue weighted by molar-refractivity contribution is -0.121. The van der Waals surface area contributed by atoms with Crippen LogP contribution < -0.4 is 4.90 Å². The minimum atomic E-state index is 0.0717. The summed E-state index contributed by atoms with van der Waals surface area (Å²) in [6, 6.07) is 12.1. The molecule has 1 aromatic carbocycles. The Balaban J connectivity index is 1.66. The van der Waals surface area contributed by atoms with Crippen LogP contribution in [0.15, 0.2) is 36.5 Å². The summed E-state index contributed by atoms with van der Waals surface area (Å²) in [6.45, 7) is 10.4. The fourth-order valence-corrected chi connectivity index (χ4v) is 3.50. The van der Waals surface area contributed by atoms with E-state index in [1.54, 1.807) is 6.20 Å². The van der Waals surface area contributed by atoms with E-state index in [2.05, 4.69) is 64.5 Å². The second kappa shape index (κ2) is 10.2. The van der Waals surface area contributed by atoms with Crippen LogP contribution in [0.4, 0.5) is 5.82 Å². The van der Waals surface area contributed by atoms with Crippen LogP contribution in [0.1, 0.15) is 50.6 Å². The van der Waals surface area contributed by atoms with E-state index in [1.165, 1.54) is 0 Å². The molecule has 1 saturated heterocycles. The number of benzene rings is 1. The molecule has 1 aliphatic heterocycles. The van der Waals surface area contributed by atoms with Gasteiger partial charge in [-0.05, 0) is 29.2 Å². The molecule has 2 heterocycles. The molecule has 160 valence electrons. The monoisotopic (exact) mass is 415 g/mol. The van der Waals surface area contributed by atoms with E-state index in [0.717, 1.165) is 36.6 Å². The number of hydrogen-bond donors (Lipinski definition) is 0. The molecule has 31 heavy (non-hydrogen) atoms. The van der Waals surface area contributed by atoms with Gasteiger partial charge >= 0.3 is 0 Å². The van der Waals surface area contributed by atoms with Crippen molar-refractivity contribution >= 4 is 11.6 Å². The summed E-state index contributed by atoms with van der Waals surface area (Å²) < 4.78 is 0. The van der Waals surface area contributed by atoms with Crippen molar-refractivity contribution in [2.45, 2.75) is 40.2 Å². The summed E-state index contributed by atoms with van der Waals surface area (Å²) in [4.78, 5) is 24.1. The van der Waals surface area contributed by atoms with Gasteiger partial charge in [0.25, 0.3) is 0 Å². The van der Waals surface area contributed by atoms with Crippen LogP contribution in [0.3, 0.4) is 0 Å². The Morgan fingerprint density at radius 3 is 2.48 bits per heavy atom. The lowest BCUT2D eigenvalue weighted by Gasteiger charge is -2.31. The van der Waals surface area contributed by atoms with Gasteiger partial charge in [0.05, 0.1) is 6.54 Å². The van der Waals surface area contributed by atoms with Crippen LogP contribution in [0.25, 0.3) is 0 Å². The summed E-state index contributed by atoms with van der Waals surface area (Å²) >= 11 is 0. The molecule has 6 heteroatoms. The van der Waals surface area contributed by atoms with E-state index in [4.69, 9.17) is 5.26 Å². The third kappa shape index (κ3) is 7.20. The fraction of sp³-hybridized carbons (Fsp3) is 0.440. The number of ketones is 1. The van der Waals surface area contributed by atoms with Gasteiger partial charge in [-0.3, -0.25) is 9.69 Å². The number of Topliss-reactive ketones (excluding diaryl/α,β-unsaturated/α-hetero) is 1. The summed E-state index contributed by atoms with van der Waals surface area (Å²) in [5.74, 6) is 7.73. The highest BCUT2D eigenvalue weighted by Crippen LogP contribution is 2.22. The molecule has 0 atom stereocenters. The molecule has 0 saturated carbocycles. The third-order valence-corrected chi connectivity index (χ3v) is 5.01. The van der Waals surface area contributed by atoms with Gasteiger partial charge < -0.3 is 4.90 Å².